The van der Waals surface area contributed by atoms with Crippen LogP contribution in [-0.4, -0.2) is 53.7 Å². The van der Waals surface area contributed by atoms with Gasteiger partial charge in [0.1, 0.15) is 0 Å². The molecule has 0 spiro atoms. The molecular weight excluding hydrogens is 458 g/mol. The van der Waals surface area contributed by atoms with E-state index < -0.39 is 23.7 Å². The molecule has 0 aliphatic carbocycles. The normalized spacial score (nSPS) is 16.1. The summed E-state index contributed by atoms with van der Waals surface area (Å²) in [6.07, 6.45) is 6.08. The summed E-state index contributed by atoms with van der Waals surface area (Å²) in [4.78, 5) is 39.3. The van der Waals surface area contributed by atoms with E-state index in [0.29, 0.717) is 13.0 Å². The molecule has 2 rings (SSSR count). The minimum Gasteiger partial charge on any atom is -0.334 e. The summed E-state index contributed by atoms with van der Waals surface area (Å²) >= 11 is 0. The van der Waals surface area contributed by atoms with E-state index in [0.717, 1.165) is 31.5 Å². The molecule has 0 aromatic heterocycles. The first-order chi connectivity index (χ1) is 17.2. The van der Waals surface area contributed by atoms with Crippen molar-refractivity contribution < 1.29 is 19.6 Å². The smallest absolute Gasteiger partial charge is 0.334 e. The Morgan fingerprint density at radius 1 is 1.03 bits per heavy atom. The monoisotopic (exact) mass is 501 g/mol. The van der Waals surface area contributed by atoms with E-state index in [1.807, 2.05) is 70.2 Å². The van der Waals surface area contributed by atoms with Crippen molar-refractivity contribution in [3.8, 4) is 0 Å². The van der Waals surface area contributed by atoms with Gasteiger partial charge in [-0.3, -0.25) is 20.2 Å². The molecule has 200 valence electrons. The van der Waals surface area contributed by atoms with Crippen LogP contribution in [-0.2, 0) is 9.59 Å². The minimum absolute atomic E-state index is 0.0489. The average molecular weight is 502 g/mol. The summed E-state index contributed by atoms with van der Waals surface area (Å²) in [5, 5.41) is 17.1. The Bertz CT molecular complexity index is 853. The highest BCUT2D eigenvalue weighted by atomic mass is 16.5. The number of hydrogen-bond donors (Lipinski definition) is 5. The molecule has 2 atom stereocenters. The molecular formula is C27H43N5O4. The van der Waals surface area contributed by atoms with Gasteiger partial charge >= 0.3 is 6.03 Å². The first kappa shape index (κ1) is 29.3. The van der Waals surface area contributed by atoms with Gasteiger partial charge in [-0.2, -0.15) is 0 Å². The van der Waals surface area contributed by atoms with Crippen LogP contribution in [0.15, 0.2) is 36.4 Å². The molecule has 0 unspecified atom stereocenters. The molecule has 1 fully saturated rings. The number of benzene rings is 1. The Labute approximate surface area is 215 Å². The summed E-state index contributed by atoms with van der Waals surface area (Å²) in [7, 11) is 0. The van der Waals surface area contributed by atoms with E-state index >= 15 is 0 Å². The fourth-order valence-electron chi connectivity index (χ4n) is 4.39. The Kier molecular flexibility index (Phi) is 12.4. The van der Waals surface area contributed by atoms with Gasteiger partial charge in [0.05, 0.1) is 11.8 Å². The molecule has 1 aliphatic heterocycles. The van der Waals surface area contributed by atoms with Crippen LogP contribution >= 0.6 is 0 Å². The molecule has 1 heterocycles. The molecule has 0 saturated carbocycles. The standard InChI is InChI=1S/C27H43N5O4/c1-19(2)17-24(23(26(34)31-36)12-8-11-21-9-6-5-7-10-21)25(33)30-32(18-20(3)4)27(35)29-22-13-15-28-16-14-22/h5-11,19-20,22-24,28,36H,12-18H2,1-4H3,(H,29,35)(H,30,33)(H,31,34)/b11-8+/t23-,24+/m0/s1. The van der Waals surface area contributed by atoms with Gasteiger partial charge in [0.2, 0.25) is 11.8 Å². The number of hydrazine groups is 1. The molecule has 1 aliphatic rings. The number of nitrogens with one attached hydrogen (secondary N) is 4. The zero-order chi connectivity index (χ0) is 26.5. The Morgan fingerprint density at radius 3 is 2.28 bits per heavy atom. The number of carbonyl (C=O) groups excluding carboxylic acids is 3. The van der Waals surface area contributed by atoms with Gasteiger partial charge in [-0.15, -0.1) is 0 Å². The summed E-state index contributed by atoms with van der Waals surface area (Å²) in [5.74, 6) is -2.33. The summed E-state index contributed by atoms with van der Waals surface area (Å²) in [5.41, 5.74) is 5.50. The molecule has 36 heavy (non-hydrogen) atoms. The lowest BCUT2D eigenvalue weighted by atomic mass is 9.82. The average Bonchev–Trinajstić information content (AvgIpc) is 2.85. The van der Waals surface area contributed by atoms with Crippen molar-refractivity contribution in [2.24, 2.45) is 23.7 Å². The Morgan fingerprint density at radius 2 is 1.69 bits per heavy atom. The maximum atomic E-state index is 13.5. The van der Waals surface area contributed by atoms with Gasteiger partial charge in [-0.05, 0) is 56.2 Å². The largest absolute Gasteiger partial charge is 0.336 e. The number of hydrogen-bond acceptors (Lipinski definition) is 5. The molecule has 9 heteroatoms. The zero-order valence-corrected chi connectivity index (χ0v) is 22.0. The van der Waals surface area contributed by atoms with Gasteiger partial charge in [-0.25, -0.2) is 15.3 Å². The quantitative estimate of drug-likeness (QED) is 0.235. The maximum absolute atomic E-state index is 13.5. The van der Waals surface area contributed by atoms with E-state index in [-0.39, 0.29) is 30.3 Å². The number of rotatable bonds is 11. The highest BCUT2D eigenvalue weighted by Crippen LogP contribution is 2.25. The third-order valence-corrected chi connectivity index (χ3v) is 6.20. The third-order valence-electron chi connectivity index (χ3n) is 6.20. The first-order valence-electron chi connectivity index (χ1n) is 13.0. The molecule has 0 radical (unpaired) electrons. The van der Waals surface area contributed by atoms with Crippen molar-refractivity contribution in [2.75, 3.05) is 19.6 Å². The molecule has 1 aromatic carbocycles. The summed E-state index contributed by atoms with van der Waals surface area (Å²) < 4.78 is 0. The Balaban J connectivity index is 2.19. The van der Waals surface area contributed by atoms with Crippen LogP contribution in [0.1, 0.15) is 58.9 Å². The topological polar surface area (TPSA) is 123 Å². The van der Waals surface area contributed by atoms with Gasteiger partial charge < -0.3 is 10.6 Å². The second kappa shape index (κ2) is 15.3. The zero-order valence-electron chi connectivity index (χ0n) is 22.0. The van der Waals surface area contributed by atoms with Crippen LogP contribution in [0.2, 0.25) is 0 Å². The van der Waals surface area contributed by atoms with E-state index in [2.05, 4.69) is 16.1 Å². The number of allylic oxidation sites excluding steroid dienone is 1. The lowest BCUT2D eigenvalue weighted by molar-refractivity contribution is -0.142. The van der Waals surface area contributed by atoms with Gasteiger partial charge in [0.15, 0.2) is 0 Å². The van der Waals surface area contributed by atoms with Crippen molar-refractivity contribution in [3.63, 3.8) is 0 Å². The van der Waals surface area contributed by atoms with E-state index in [1.165, 1.54) is 5.01 Å². The van der Waals surface area contributed by atoms with Crippen LogP contribution in [0.25, 0.3) is 6.08 Å². The fraction of sp³-hybridized carbons (Fsp3) is 0.593. The van der Waals surface area contributed by atoms with Crippen LogP contribution in [0.5, 0.6) is 0 Å². The molecule has 5 N–H and O–H groups in total. The predicted octanol–water partition coefficient (Wildman–Crippen LogP) is 3.32. The maximum Gasteiger partial charge on any atom is 0.336 e. The Hall–Kier alpha value is -2.91. The van der Waals surface area contributed by atoms with Crippen LogP contribution in [0.4, 0.5) is 4.79 Å². The number of hydroxylamine groups is 1. The lowest BCUT2D eigenvalue weighted by Crippen LogP contribution is -2.57. The number of carbonyl (C=O) groups is 3. The minimum atomic E-state index is -0.800. The highest BCUT2D eigenvalue weighted by molar-refractivity contribution is 5.88. The third kappa shape index (κ3) is 9.99. The summed E-state index contributed by atoms with van der Waals surface area (Å²) in [6, 6.07) is 9.36. The van der Waals surface area contributed by atoms with E-state index in [4.69, 9.17) is 0 Å². The molecule has 1 aromatic rings. The molecule has 1 saturated heterocycles. The second-order valence-corrected chi connectivity index (χ2v) is 10.3. The van der Waals surface area contributed by atoms with Gasteiger partial charge in [0.25, 0.3) is 0 Å². The van der Waals surface area contributed by atoms with Crippen LogP contribution in [0, 0.1) is 23.7 Å². The molecule has 0 bridgehead atoms. The fourth-order valence-corrected chi connectivity index (χ4v) is 4.39. The highest BCUT2D eigenvalue weighted by Gasteiger charge is 2.35. The number of urea groups is 1. The number of amides is 4. The number of nitrogens with zero attached hydrogens (tertiary/aromatic N) is 1. The second-order valence-electron chi connectivity index (χ2n) is 10.3. The SMILES string of the molecule is CC(C)C[C@@H](C(=O)NN(CC(C)C)C(=O)NC1CCNCC1)[C@H](C/C=C/c1ccccc1)C(=O)NO. The van der Waals surface area contributed by atoms with Gasteiger partial charge in [-0.1, -0.05) is 70.2 Å². The van der Waals surface area contributed by atoms with Crippen molar-refractivity contribution in [1.82, 2.24) is 26.5 Å². The van der Waals surface area contributed by atoms with Crippen LogP contribution < -0.4 is 21.5 Å². The summed E-state index contributed by atoms with van der Waals surface area (Å²) in [6.45, 7) is 9.91. The molecule has 4 amide bonds. The lowest BCUT2D eigenvalue weighted by Gasteiger charge is -2.32. The van der Waals surface area contributed by atoms with Gasteiger partial charge in [0, 0.05) is 12.6 Å². The first-order valence-corrected chi connectivity index (χ1v) is 13.0. The number of piperidine rings is 1. The van der Waals surface area contributed by atoms with Crippen molar-refractivity contribution in [2.45, 2.75) is 59.4 Å². The molecule has 9 nitrogen and oxygen atoms in total. The van der Waals surface area contributed by atoms with Crippen molar-refractivity contribution in [1.29, 1.82) is 0 Å². The van der Waals surface area contributed by atoms with Crippen molar-refractivity contribution >= 4 is 23.9 Å². The predicted molar refractivity (Wildman–Crippen MR) is 141 cm³/mol. The van der Waals surface area contributed by atoms with Crippen LogP contribution in [0.3, 0.4) is 0 Å². The van der Waals surface area contributed by atoms with Crippen molar-refractivity contribution in [3.05, 3.63) is 42.0 Å². The van der Waals surface area contributed by atoms with E-state index in [1.54, 1.807) is 5.48 Å². The van der Waals surface area contributed by atoms with E-state index in [9.17, 15) is 19.6 Å².